The van der Waals surface area contributed by atoms with Crippen LogP contribution in [-0.4, -0.2) is 44.6 Å². The molecule has 2 aromatic rings. The number of anilines is 1. The number of amides is 1. The average molecular weight is 433 g/mol. The number of benzene rings is 2. The van der Waals surface area contributed by atoms with E-state index < -0.39 is 21.9 Å². The van der Waals surface area contributed by atoms with Crippen molar-refractivity contribution in [2.24, 2.45) is 5.92 Å². The average Bonchev–Trinajstić information content (AvgIpc) is 2.73. The molecule has 5 nitrogen and oxygen atoms in total. The molecule has 1 aliphatic heterocycles. The first-order valence-electron chi connectivity index (χ1n) is 10.4. The number of para-hydroxylation sites is 1. The van der Waals surface area contributed by atoms with E-state index in [0.717, 1.165) is 29.8 Å². The lowest BCUT2D eigenvalue weighted by Crippen LogP contribution is -2.52. The van der Waals surface area contributed by atoms with Crippen LogP contribution in [-0.2, 0) is 21.2 Å². The number of hydrogen-bond acceptors (Lipinski definition) is 3. The van der Waals surface area contributed by atoms with Crippen LogP contribution in [0.25, 0.3) is 0 Å². The molecule has 0 spiro atoms. The number of carbonyl (C=O) groups is 1. The number of halogens is 1. The van der Waals surface area contributed by atoms with Crippen LogP contribution in [0.3, 0.4) is 0 Å². The lowest BCUT2D eigenvalue weighted by molar-refractivity contribution is -0.133. The lowest BCUT2D eigenvalue weighted by atomic mass is 9.90. The minimum atomic E-state index is -3.84. The first-order valence-corrected chi connectivity index (χ1v) is 12.2. The maximum Gasteiger partial charge on any atom is 0.246 e. The van der Waals surface area contributed by atoms with Crippen LogP contribution in [0.4, 0.5) is 10.1 Å². The van der Waals surface area contributed by atoms with E-state index in [-0.39, 0.29) is 18.0 Å². The predicted molar refractivity (Wildman–Crippen MR) is 117 cm³/mol. The smallest absolute Gasteiger partial charge is 0.246 e. The zero-order chi connectivity index (χ0) is 21.7. The fourth-order valence-corrected chi connectivity index (χ4v) is 5.37. The Morgan fingerprint density at radius 1 is 1.10 bits per heavy atom. The number of carbonyl (C=O) groups excluding carboxylic acids is 1. The molecule has 1 heterocycles. The Balaban J connectivity index is 1.73. The van der Waals surface area contributed by atoms with E-state index in [1.807, 2.05) is 18.2 Å². The van der Waals surface area contributed by atoms with Gasteiger partial charge in [-0.2, -0.15) is 0 Å². The molecule has 2 aromatic carbocycles. The molecule has 1 saturated heterocycles. The fourth-order valence-electron chi connectivity index (χ4n) is 4.16. The van der Waals surface area contributed by atoms with Crippen molar-refractivity contribution < 1.29 is 17.6 Å². The third-order valence-electron chi connectivity index (χ3n) is 5.70. The highest BCUT2D eigenvalue weighted by Crippen LogP contribution is 2.28. The topological polar surface area (TPSA) is 57.7 Å². The van der Waals surface area contributed by atoms with E-state index in [0.29, 0.717) is 19.0 Å². The summed E-state index contributed by atoms with van der Waals surface area (Å²) >= 11 is 0. The molecule has 0 saturated carbocycles. The molecule has 1 aliphatic rings. The van der Waals surface area contributed by atoms with Crippen molar-refractivity contribution >= 4 is 21.6 Å². The minimum absolute atomic E-state index is 0.0841. The van der Waals surface area contributed by atoms with Crippen LogP contribution in [0, 0.1) is 11.7 Å². The first kappa shape index (κ1) is 22.3. The van der Waals surface area contributed by atoms with Crippen molar-refractivity contribution in [3.05, 3.63) is 66.0 Å². The number of piperidine rings is 1. The van der Waals surface area contributed by atoms with Gasteiger partial charge in [0.25, 0.3) is 0 Å². The Morgan fingerprint density at radius 3 is 2.27 bits per heavy atom. The summed E-state index contributed by atoms with van der Waals surface area (Å²) in [7, 11) is -3.84. The van der Waals surface area contributed by atoms with E-state index in [1.165, 1.54) is 23.8 Å². The van der Waals surface area contributed by atoms with Gasteiger partial charge in [0.05, 0.1) is 11.9 Å². The molecule has 1 fully saturated rings. The molecule has 30 heavy (non-hydrogen) atoms. The number of rotatable bonds is 7. The summed E-state index contributed by atoms with van der Waals surface area (Å²) < 4.78 is 40.4. The molecule has 1 atom stereocenters. The van der Waals surface area contributed by atoms with Crippen molar-refractivity contribution in [1.29, 1.82) is 0 Å². The highest BCUT2D eigenvalue weighted by atomic mass is 32.2. The molecule has 3 rings (SSSR count). The van der Waals surface area contributed by atoms with Crippen LogP contribution < -0.4 is 4.31 Å². The fraction of sp³-hybridized carbons (Fsp3) is 0.435. The van der Waals surface area contributed by atoms with E-state index in [1.54, 1.807) is 17.9 Å². The van der Waals surface area contributed by atoms with E-state index in [4.69, 9.17) is 0 Å². The summed E-state index contributed by atoms with van der Waals surface area (Å²) in [5, 5.41) is 0. The highest BCUT2D eigenvalue weighted by molar-refractivity contribution is 7.92. The third-order valence-corrected chi connectivity index (χ3v) is 6.86. The van der Waals surface area contributed by atoms with Gasteiger partial charge in [0.1, 0.15) is 11.9 Å². The predicted octanol–water partition coefficient (Wildman–Crippen LogP) is 3.85. The summed E-state index contributed by atoms with van der Waals surface area (Å²) in [4.78, 5) is 15.0. The van der Waals surface area contributed by atoms with Gasteiger partial charge in [-0.1, -0.05) is 49.4 Å². The Labute approximate surface area is 178 Å². The summed E-state index contributed by atoms with van der Waals surface area (Å²) in [6, 6.07) is 15.0. The molecule has 0 N–H and O–H groups in total. The monoisotopic (exact) mass is 432 g/mol. The number of nitrogens with zero attached hydrogens (tertiary/aromatic N) is 2. The van der Waals surface area contributed by atoms with Gasteiger partial charge in [-0.05, 0) is 49.3 Å². The highest BCUT2D eigenvalue weighted by Gasteiger charge is 2.36. The summed E-state index contributed by atoms with van der Waals surface area (Å²) in [5.41, 5.74) is 1.20. The minimum Gasteiger partial charge on any atom is -0.341 e. The maximum absolute atomic E-state index is 14.4. The zero-order valence-electron chi connectivity index (χ0n) is 17.5. The second-order valence-corrected chi connectivity index (χ2v) is 9.75. The lowest BCUT2D eigenvalue weighted by Gasteiger charge is -2.37. The number of hydrogen-bond donors (Lipinski definition) is 0. The van der Waals surface area contributed by atoms with Gasteiger partial charge in [-0.25, -0.2) is 12.8 Å². The summed E-state index contributed by atoms with van der Waals surface area (Å²) in [5.74, 6) is -0.422. The van der Waals surface area contributed by atoms with Crippen molar-refractivity contribution in [1.82, 2.24) is 4.90 Å². The summed E-state index contributed by atoms with van der Waals surface area (Å²) in [6.45, 7) is 2.92. The third kappa shape index (κ3) is 5.19. The molecular weight excluding hydrogens is 403 g/mol. The van der Waals surface area contributed by atoms with Crippen molar-refractivity contribution in [2.45, 2.75) is 38.6 Å². The first-order chi connectivity index (χ1) is 14.3. The van der Waals surface area contributed by atoms with Gasteiger partial charge in [0.15, 0.2) is 0 Å². The summed E-state index contributed by atoms with van der Waals surface area (Å²) in [6.07, 6.45) is 4.00. The number of sulfonamides is 1. The Bertz CT molecular complexity index is 957. The molecule has 1 amide bonds. The maximum atomic E-state index is 14.4. The SMILES string of the molecule is CC[C@@H](C(=O)N1CCC(Cc2ccccc2)CC1)N(c1ccccc1F)S(C)(=O)=O. The number of likely N-dealkylation sites (tertiary alicyclic amines) is 1. The molecule has 0 bridgehead atoms. The van der Waals surface area contributed by atoms with Gasteiger partial charge in [-0.3, -0.25) is 9.10 Å². The van der Waals surface area contributed by atoms with Crippen LogP contribution in [0.15, 0.2) is 54.6 Å². The van der Waals surface area contributed by atoms with Crippen LogP contribution in [0.5, 0.6) is 0 Å². The molecule has 0 aromatic heterocycles. The second kappa shape index (κ2) is 9.60. The molecule has 7 heteroatoms. The molecule has 162 valence electrons. The van der Waals surface area contributed by atoms with Gasteiger partial charge in [-0.15, -0.1) is 0 Å². The van der Waals surface area contributed by atoms with Crippen molar-refractivity contribution in [3.63, 3.8) is 0 Å². The van der Waals surface area contributed by atoms with Crippen molar-refractivity contribution in [3.8, 4) is 0 Å². The second-order valence-electron chi connectivity index (χ2n) is 7.89. The van der Waals surface area contributed by atoms with E-state index >= 15 is 0 Å². The normalized spacial score (nSPS) is 16.3. The van der Waals surface area contributed by atoms with Crippen LogP contribution in [0.1, 0.15) is 31.7 Å². The van der Waals surface area contributed by atoms with Crippen LogP contribution >= 0.6 is 0 Å². The largest absolute Gasteiger partial charge is 0.341 e. The van der Waals surface area contributed by atoms with Gasteiger partial charge in [0, 0.05) is 13.1 Å². The Kier molecular flexibility index (Phi) is 7.13. The van der Waals surface area contributed by atoms with Gasteiger partial charge >= 0.3 is 0 Å². The molecular formula is C23H29FN2O3S. The zero-order valence-corrected chi connectivity index (χ0v) is 18.3. The Hall–Kier alpha value is -2.41. The standard InChI is InChI=1S/C23H29FN2O3S/c1-3-21(26(30(2,28)29)22-12-8-7-11-20(22)24)23(27)25-15-13-19(14-16-25)17-18-9-5-4-6-10-18/h4-12,19,21H,3,13-17H2,1-2H3/t21-/m0/s1. The van der Waals surface area contributed by atoms with Crippen LogP contribution in [0.2, 0.25) is 0 Å². The quantitative estimate of drug-likeness (QED) is 0.668. The van der Waals surface area contributed by atoms with Gasteiger partial charge < -0.3 is 4.90 Å². The van der Waals surface area contributed by atoms with E-state index in [2.05, 4.69) is 12.1 Å². The van der Waals surface area contributed by atoms with Gasteiger partial charge in [0.2, 0.25) is 15.9 Å². The Morgan fingerprint density at radius 2 is 1.70 bits per heavy atom. The molecule has 0 radical (unpaired) electrons. The van der Waals surface area contributed by atoms with Crippen molar-refractivity contribution in [2.75, 3.05) is 23.7 Å². The molecule has 0 unspecified atom stereocenters. The molecule has 0 aliphatic carbocycles. The van der Waals surface area contributed by atoms with E-state index in [9.17, 15) is 17.6 Å².